The van der Waals surface area contributed by atoms with Crippen molar-refractivity contribution in [1.29, 1.82) is 0 Å². The highest BCUT2D eigenvalue weighted by molar-refractivity contribution is 9.10. The second-order valence-corrected chi connectivity index (χ2v) is 5.84. The average molecular weight is 286 g/mol. The monoisotopic (exact) mass is 285 g/mol. The number of nitrogens with one attached hydrogen (secondary N) is 1. The molecule has 2 rings (SSSR count). The summed E-state index contributed by atoms with van der Waals surface area (Å²) in [6, 6.07) is 2.24. The van der Waals surface area contributed by atoms with Gasteiger partial charge >= 0.3 is 0 Å². The second-order valence-electron chi connectivity index (χ2n) is 4.99. The maximum absolute atomic E-state index is 5.46. The molecule has 90 valence electrons. The van der Waals surface area contributed by atoms with Crippen molar-refractivity contribution >= 4 is 15.9 Å². The summed E-state index contributed by atoms with van der Waals surface area (Å²) in [5, 5.41) is 3.59. The first-order valence-electron chi connectivity index (χ1n) is 6.13. The summed E-state index contributed by atoms with van der Waals surface area (Å²) < 4.78 is 6.53. The number of halogens is 1. The highest BCUT2D eigenvalue weighted by Crippen LogP contribution is 2.49. The predicted molar refractivity (Wildman–Crippen MR) is 69.4 cm³/mol. The Bertz CT molecular complexity index is 343. The Morgan fingerprint density at radius 3 is 2.81 bits per heavy atom. The molecule has 1 atom stereocenters. The lowest BCUT2D eigenvalue weighted by molar-refractivity contribution is 0.365. The Morgan fingerprint density at radius 1 is 1.56 bits per heavy atom. The minimum Gasteiger partial charge on any atom is -0.466 e. The number of furan rings is 1. The van der Waals surface area contributed by atoms with Gasteiger partial charge in [-0.2, -0.15) is 0 Å². The third-order valence-corrected chi connectivity index (χ3v) is 4.21. The number of hydrogen-bond donors (Lipinski definition) is 1. The van der Waals surface area contributed by atoms with Crippen LogP contribution in [0, 0.1) is 5.41 Å². The van der Waals surface area contributed by atoms with Crippen molar-refractivity contribution in [2.24, 2.45) is 5.41 Å². The Balaban J connectivity index is 1.84. The van der Waals surface area contributed by atoms with Crippen LogP contribution < -0.4 is 5.32 Å². The Kier molecular flexibility index (Phi) is 3.75. The molecular formula is C13H20BrNO. The van der Waals surface area contributed by atoms with E-state index in [1.807, 2.05) is 6.07 Å². The van der Waals surface area contributed by atoms with Crippen LogP contribution in [0.2, 0.25) is 0 Å². The zero-order valence-electron chi connectivity index (χ0n) is 10.1. The molecular weight excluding hydrogens is 266 g/mol. The summed E-state index contributed by atoms with van der Waals surface area (Å²) in [6.45, 7) is 5.55. The quantitative estimate of drug-likeness (QED) is 0.844. The van der Waals surface area contributed by atoms with Crippen molar-refractivity contribution in [2.45, 2.75) is 45.6 Å². The lowest BCUT2D eigenvalue weighted by atomic mass is 10.0. The molecule has 1 N–H and O–H groups in total. The molecule has 1 unspecified atom stereocenters. The normalized spacial score (nSPS) is 19.7. The molecule has 1 heterocycles. The van der Waals surface area contributed by atoms with Crippen molar-refractivity contribution < 1.29 is 4.42 Å². The maximum Gasteiger partial charge on any atom is 0.134 e. The van der Waals surface area contributed by atoms with Gasteiger partial charge in [-0.05, 0) is 53.6 Å². The summed E-state index contributed by atoms with van der Waals surface area (Å²) in [5.41, 5.74) is 0.599. The molecule has 1 saturated carbocycles. The van der Waals surface area contributed by atoms with Gasteiger partial charge in [-0.25, -0.2) is 0 Å². The van der Waals surface area contributed by atoms with Crippen LogP contribution in [0.25, 0.3) is 0 Å². The van der Waals surface area contributed by atoms with E-state index in [-0.39, 0.29) is 0 Å². The largest absolute Gasteiger partial charge is 0.466 e. The number of hydrogen-bond acceptors (Lipinski definition) is 2. The van der Waals surface area contributed by atoms with Gasteiger partial charge in [-0.1, -0.05) is 13.3 Å². The second kappa shape index (κ2) is 4.92. The SMILES string of the molecule is CCCC1(CNC(C)c2occc2Br)CC1. The van der Waals surface area contributed by atoms with E-state index in [0.717, 1.165) is 16.8 Å². The average Bonchev–Trinajstić information content (AvgIpc) is 2.89. The standard InChI is InChI=1S/C13H20BrNO/c1-3-5-13(6-7-13)9-15-10(2)12-11(14)4-8-16-12/h4,8,10,15H,3,5-7,9H2,1-2H3. The van der Waals surface area contributed by atoms with Crippen molar-refractivity contribution in [3.8, 4) is 0 Å². The minimum absolute atomic E-state index is 0.290. The molecule has 1 aliphatic rings. The smallest absolute Gasteiger partial charge is 0.134 e. The van der Waals surface area contributed by atoms with E-state index in [9.17, 15) is 0 Å². The van der Waals surface area contributed by atoms with E-state index >= 15 is 0 Å². The molecule has 0 saturated heterocycles. The molecule has 3 heteroatoms. The first-order chi connectivity index (χ1) is 7.67. The molecule has 0 spiro atoms. The summed E-state index contributed by atoms with van der Waals surface area (Å²) in [4.78, 5) is 0. The molecule has 0 bridgehead atoms. The zero-order chi connectivity index (χ0) is 11.6. The van der Waals surface area contributed by atoms with Gasteiger partial charge in [0.15, 0.2) is 0 Å². The fourth-order valence-electron chi connectivity index (χ4n) is 2.30. The maximum atomic E-state index is 5.46. The molecule has 1 aromatic rings. The van der Waals surface area contributed by atoms with Gasteiger partial charge in [0, 0.05) is 6.54 Å². The third-order valence-electron chi connectivity index (χ3n) is 3.56. The van der Waals surface area contributed by atoms with Crippen molar-refractivity contribution in [2.75, 3.05) is 6.54 Å². The van der Waals surface area contributed by atoms with Gasteiger partial charge in [-0.15, -0.1) is 0 Å². The summed E-state index contributed by atoms with van der Waals surface area (Å²) in [5.74, 6) is 1.01. The molecule has 0 aliphatic heterocycles. The van der Waals surface area contributed by atoms with E-state index in [1.54, 1.807) is 6.26 Å². The fraction of sp³-hybridized carbons (Fsp3) is 0.692. The minimum atomic E-state index is 0.290. The molecule has 1 fully saturated rings. The first-order valence-corrected chi connectivity index (χ1v) is 6.92. The van der Waals surface area contributed by atoms with Crippen LogP contribution in [-0.4, -0.2) is 6.54 Å². The zero-order valence-corrected chi connectivity index (χ0v) is 11.6. The van der Waals surface area contributed by atoms with E-state index < -0.39 is 0 Å². The predicted octanol–water partition coefficient (Wildman–Crippen LogP) is 4.27. The lowest BCUT2D eigenvalue weighted by Gasteiger charge is -2.18. The van der Waals surface area contributed by atoms with Crippen LogP contribution in [0.5, 0.6) is 0 Å². The van der Waals surface area contributed by atoms with Crippen molar-refractivity contribution in [3.63, 3.8) is 0 Å². The van der Waals surface area contributed by atoms with Crippen LogP contribution in [0.1, 0.15) is 51.3 Å². The van der Waals surface area contributed by atoms with Crippen LogP contribution in [-0.2, 0) is 0 Å². The molecule has 16 heavy (non-hydrogen) atoms. The van der Waals surface area contributed by atoms with E-state index in [4.69, 9.17) is 4.42 Å². The summed E-state index contributed by atoms with van der Waals surface area (Å²) in [6.07, 6.45) is 7.16. The topological polar surface area (TPSA) is 25.2 Å². The van der Waals surface area contributed by atoms with Gasteiger partial charge < -0.3 is 9.73 Å². The van der Waals surface area contributed by atoms with Crippen LogP contribution in [0.3, 0.4) is 0 Å². The van der Waals surface area contributed by atoms with Gasteiger partial charge in [-0.3, -0.25) is 0 Å². The molecule has 1 aromatic heterocycles. The van der Waals surface area contributed by atoms with E-state index in [0.29, 0.717) is 11.5 Å². The Labute approximate surface area is 106 Å². The van der Waals surface area contributed by atoms with Crippen LogP contribution >= 0.6 is 15.9 Å². The lowest BCUT2D eigenvalue weighted by Crippen LogP contribution is -2.26. The van der Waals surface area contributed by atoms with Gasteiger partial charge in [0.25, 0.3) is 0 Å². The highest BCUT2D eigenvalue weighted by atomic mass is 79.9. The van der Waals surface area contributed by atoms with Crippen LogP contribution in [0.15, 0.2) is 21.2 Å². The molecule has 0 aromatic carbocycles. The van der Waals surface area contributed by atoms with Gasteiger partial charge in [0.05, 0.1) is 16.8 Å². The Morgan fingerprint density at radius 2 is 2.31 bits per heavy atom. The molecule has 0 radical (unpaired) electrons. The van der Waals surface area contributed by atoms with Gasteiger partial charge in [0.2, 0.25) is 0 Å². The Hall–Kier alpha value is -0.280. The summed E-state index contributed by atoms with van der Waals surface area (Å²) in [7, 11) is 0. The highest BCUT2D eigenvalue weighted by Gasteiger charge is 2.41. The van der Waals surface area contributed by atoms with E-state index in [1.165, 1.54) is 25.7 Å². The van der Waals surface area contributed by atoms with E-state index in [2.05, 4.69) is 35.1 Å². The number of rotatable bonds is 6. The first kappa shape index (κ1) is 12.2. The molecule has 1 aliphatic carbocycles. The van der Waals surface area contributed by atoms with Crippen LogP contribution in [0.4, 0.5) is 0 Å². The fourth-order valence-corrected chi connectivity index (χ4v) is 2.84. The molecule has 0 amide bonds. The van der Waals surface area contributed by atoms with Crippen molar-refractivity contribution in [1.82, 2.24) is 5.32 Å². The molecule has 2 nitrogen and oxygen atoms in total. The third kappa shape index (κ3) is 2.69. The van der Waals surface area contributed by atoms with Crippen molar-refractivity contribution in [3.05, 3.63) is 22.6 Å². The summed E-state index contributed by atoms with van der Waals surface area (Å²) >= 11 is 3.50. The van der Waals surface area contributed by atoms with Gasteiger partial charge in [0.1, 0.15) is 5.76 Å².